The number of carbonyl (C=O) groups excluding carboxylic acids is 1. The zero-order chi connectivity index (χ0) is 22.9. The highest BCUT2D eigenvalue weighted by Gasteiger charge is 2.18. The van der Waals surface area contributed by atoms with Crippen molar-refractivity contribution in [1.29, 1.82) is 0 Å². The fourth-order valence-corrected chi connectivity index (χ4v) is 3.93. The molecule has 0 unspecified atom stereocenters. The van der Waals surface area contributed by atoms with E-state index in [2.05, 4.69) is 46.5 Å². The van der Waals surface area contributed by atoms with Crippen molar-refractivity contribution < 1.29 is 4.79 Å². The van der Waals surface area contributed by atoms with Gasteiger partial charge in [0.25, 0.3) is 5.91 Å². The van der Waals surface area contributed by atoms with Crippen molar-refractivity contribution in [3.8, 4) is 11.4 Å². The Labute approximate surface area is 201 Å². The Morgan fingerprint density at radius 2 is 1.91 bits per heavy atom. The normalized spacial score (nSPS) is 11.2. The van der Waals surface area contributed by atoms with Gasteiger partial charge < -0.3 is 0 Å². The maximum absolute atomic E-state index is 12.8. The summed E-state index contributed by atoms with van der Waals surface area (Å²) in [5.41, 5.74) is 3.15. The Bertz CT molecular complexity index is 1450. The summed E-state index contributed by atoms with van der Waals surface area (Å²) in [5.74, 6) is -0.252. The lowest BCUT2D eigenvalue weighted by Crippen LogP contribution is -2.14. The van der Waals surface area contributed by atoms with Crippen LogP contribution in [-0.2, 0) is 13.1 Å². The molecule has 0 saturated carbocycles. The number of amides is 1. The van der Waals surface area contributed by atoms with E-state index in [4.69, 9.17) is 11.6 Å². The van der Waals surface area contributed by atoms with Crippen LogP contribution in [0.2, 0.25) is 5.02 Å². The van der Waals surface area contributed by atoms with Gasteiger partial charge in [0, 0.05) is 30.0 Å². The molecule has 0 atom stereocenters. The van der Waals surface area contributed by atoms with Crippen LogP contribution in [0.25, 0.3) is 17.0 Å². The number of hydrogen-bond acceptors (Lipinski definition) is 6. The quantitative estimate of drug-likeness (QED) is 0.359. The fraction of sp³-hybridized carbons (Fsp3) is 0.143. The van der Waals surface area contributed by atoms with E-state index in [1.807, 2.05) is 42.1 Å². The summed E-state index contributed by atoms with van der Waals surface area (Å²) in [4.78, 5) is 21.3. The number of nitrogens with zero attached hydrogens (tertiary/aromatic N) is 8. The Morgan fingerprint density at radius 1 is 1.09 bits per heavy atom. The molecule has 166 valence electrons. The molecule has 4 heterocycles. The predicted octanol–water partition coefficient (Wildman–Crippen LogP) is 3.92. The topological polar surface area (TPSA) is 108 Å². The van der Waals surface area contributed by atoms with Gasteiger partial charge in [0.05, 0.1) is 16.7 Å². The summed E-state index contributed by atoms with van der Waals surface area (Å²) >= 11 is 9.46. The molecule has 33 heavy (non-hydrogen) atoms. The Balaban J connectivity index is 1.36. The number of rotatable bonds is 6. The molecule has 1 N–H and O–H groups in total. The van der Waals surface area contributed by atoms with Crippen molar-refractivity contribution in [2.24, 2.45) is 0 Å². The lowest BCUT2D eigenvalue weighted by Gasteiger charge is -2.02. The first-order chi connectivity index (χ1) is 16.0. The molecular weight excluding hydrogens is 510 g/mol. The van der Waals surface area contributed by atoms with E-state index in [-0.39, 0.29) is 11.6 Å². The van der Waals surface area contributed by atoms with Gasteiger partial charge in [-0.1, -0.05) is 23.7 Å². The second kappa shape index (κ2) is 8.75. The number of fused-ring (bicyclic) bond motifs is 1. The number of benzene rings is 1. The summed E-state index contributed by atoms with van der Waals surface area (Å²) in [6.07, 6.45) is 5.10. The predicted molar refractivity (Wildman–Crippen MR) is 126 cm³/mol. The van der Waals surface area contributed by atoms with Crippen LogP contribution in [0.3, 0.4) is 0 Å². The molecule has 0 aliphatic heterocycles. The third-order valence-electron chi connectivity index (χ3n) is 4.89. The van der Waals surface area contributed by atoms with Crippen LogP contribution in [0.15, 0.2) is 59.6 Å². The lowest BCUT2D eigenvalue weighted by molar-refractivity contribution is 0.102. The molecule has 5 aromatic rings. The van der Waals surface area contributed by atoms with Gasteiger partial charge in [-0.05, 0) is 46.6 Å². The van der Waals surface area contributed by atoms with E-state index in [0.29, 0.717) is 28.6 Å². The Kier molecular flexibility index (Phi) is 5.65. The number of nitrogens with one attached hydrogen (secondary N) is 1. The first-order valence-corrected chi connectivity index (χ1v) is 11.2. The van der Waals surface area contributed by atoms with Crippen molar-refractivity contribution in [3.63, 3.8) is 0 Å². The first-order valence-electron chi connectivity index (χ1n) is 10.0. The highest BCUT2D eigenvalue weighted by molar-refractivity contribution is 9.10. The molecule has 1 aromatic carbocycles. The largest absolute Gasteiger partial charge is 0.288 e. The smallest absolute Gasteiger partial charge is 0.278 e. The molecule has 10 nitrogen and oxygen atoms in total. The number of aromatic nitrogens is 8. The van der Waals surface area contributed by atoms with Crippen molar-refractivity contribution >= 4 is 45.0 Å². The maximum Gasteiger partial charge on any atom is 0.278 e. The van der Waals surface area contributed by atoms with Gasteiger partial charge in [0.2, 0.25) is 5.95 Å². The number of aryl methyl sites for hydroxylation is 1. The Hall–Kier alpha value is -3.57. The Morgan fingerprint density at radius 3 is 2.67 bits per heavy atom. The van der Waals surface area contributed by atoms with Gasteiger partial charge in [-0.25, -0.2) is 19.2 Å². The van der Waals surface area contributed by atoms with Crippen LogP contribution >= 0.6 is 27.5 Å². The van der Waals surface area contributed by atoms with E-state index in [0.717, 1.165) is 16.6 Å². The molecule has 12 heteroatoms. The second-order valence-corrected chi connectivity index (χ2v) is 8.45. The summed E-state index contributed by atoms with van der Waals surface area (Å²) in [6, 6.07) is 10.8. The third kappa shape index (κ3) is 4.37. The second-order valence-electron chi connectivity index (χ2n) is 7.16. The first kappa shape index (κ1) is 21.3. The van der Waals surface area contributed by atoms with E-state index < -0.39 is 5.91 Å². The molecular formula is C21H17BrClN9O. The fourth-order valence-electron chi connectivity index (χ4n) is 3.29. The van der Waals surface area contributed by atoms with Crippen LogP contribution in [0.5, 0.6) is 0 Å². The molecule has 0 aliphatic rings. The molecule has 4 aromatic heterocycles. The SMILES string of the molecule is CCn1cc(Br)c(-c2ccnc3cc(C(=O)Nc4ncn(Cc5ccc(Cl)cc5)n4)nn23)n1. The summed E-state index contributed by atoms with van der Waals surface area (Å²) in [7, 11) is 0. The summed E-state index contributed by atoms with van der Waals surface area (Å²) in [6.45, 7) is 3.24. The monoisotopic (exact) mass is 525 g/mol. The van der Waals surface area contributed by atoms with Crippen molar-refractivity contribution in [3.05, 3.63) is 75.9 Å². The van der Waals surface area contributed by atoms with Gasteiger partial charge in [0.1, 0.15) is 12.0 Å². The van der Waals surface area contributed by atoms with Gasteiger partial charge in [0.15, 0.2) is 11.3 Å². The van der Waals surface area contributed by atoms with E-state index in [9.17, 15) is 4.79 Å². The molecule has 0 bridgehead atoms. The number of hydrogen-bond donors (Lipinski definition) is 1. The van der Waals surface area contributed by atoms with Crippen LogP contribution in [0.4, 0.5) is 5.95 Å². The molecule has 5 rings (SSSR count). The minimum absolute atomic E-state index is 0.184. The van der Waals surface area contributed by atoms with Gasteiger partial charge in [-0.2, -0.15) is 10.2 Å². The van der Waals surface area contributed by atoms with Crippen molar-refractivity contribution in [1.82, 2.24) is 39.1 Å². The highest BCUT2D eigenvalue weighted by atomic mass is 79.9. The standard InChI is InChI=1S/C21H17BrClN9O/c1-2-30-11-15(22)19(28-30)17-7-8-24-18-9-16(27-32(17)18)20(33)26-21-25-12-31(29-21)10-13-3-5-14(23)6-4-13/h3-9,11-12H,2,10H2,1H3,(H,26,29,33). The number of halogens is 2. The van der Waals surface area contributed by atoms with Gasteiger partial charge in [-0.3, -0.25) is 14.8 Å². The lowest BCUT2D eigenvalue weighted by atomic mass is 10.2. The average molecular weight is 527 g/mol. The highest BCUT2D eigenvalue weighted by Crippen LogP contribution is 2.27. The van der Waals surface area contributed by atoms with Crippen LogP contribution in [0.1, 0.15) is 23.0 Å². The van der Waals surface area contributed by atoms with Crippen LogP contribution in [-0.4, -0.2) is 45.1 Å². The van der Waals surface area contributed by atoms with Crippen molar-refractivity contribution in [2.45, 2.75) is 20.0 Å². The van der Waals surface area contributed by atoms with Gasteiger partial charge in [-0.15, -0.1) is 5.10 Å². The minimum atomic E-state index is -0.436. The minimum Gasteiger partial charge on any atom is -0.288 e. The van der Waals surface area contributed by atoms with Crippen molar-refractivity contribution in [2.75, 3.05) is 5.32 Å². The van der Waals surface area contributed by atoms with E-state index >= 15 is 0 Å². The van der Waals surface area contributed by atoms with E-state index in [1.54, 1.807) is 33.9 Å². The molecule has 0 spiro atoms. The molecule has 0 fully saturated rings. The number of carbonyl (C=O) groups is 1. The molecule has 1 amide bonds. The maximum atomic E-state index is 12.8. The zero-order valence-corrected chi connectivity index (χ0v) is 19.7. The molecule has 0 radical (unpaired) electrons. The third-order valence-corrected chi connectivity index (χ3v) is 5.73. The van der Waals surface area contributed by atoms with E-state index in [1.165, 1.54) is 0 Å². The summed E-state index contributed by atoms with van der Waals surface area (Å²) < 4.78 is 5.86. The zero-order valence-electron chi connectivity index (χ0n) is 17.4. The summed E-state index contributed by atoms with van der Waals surface area (Å²) in [5, 5.41) is 16.7. The molecule has 0 saturated heterocycles. The van der Waals surface area contributed by atoms with Crippen LogP contribution < -0.4 is 5.32 Å². The van der Waals surface area contributed by atoms with Crippen LogP contribution in [0, 0.1) is 0 Å². The number of anilines is 1. The average Bonchev–Trinajstić information content (AvgIpc) is 3.53. The molecule has 0 aliphatic carbocycles. The van der Waals surface area contributed by atoms with Gasteiger partial charge >= 0.3 is 0 Å².